The van der Waals surface area contributed by atoms with E-state index in [1.54, 1.807) is 0 Å². The Kier molecular flexibility index (Phi) is 7.81. The Labute approximate surface area is 140 Å². The van der Waals surface area contributed by atoms with Gasteiger partial charge in [0.15, 0.2) is 5.67 Å². The highest BCUT2D eigenvalue weighted by atomic mass is 19.1. The molecule has 2 amide bonds. The fourth-order valence-corrected chi connectivity index (χ4v) is 2.44. The Morgan fingerprint density at radius 2 is 1.92 bits per heavy atom. The molecule has 0 spiro atoms. The highest BCUT2D eigenvalue weighted by Gasteiger charge is 2.33. The average molecular weight is 340 g/mol. The number of hydroxylamine groups is 1. The quantitative estimate of drug-likeness (QED) is 0.382. The van der Waals surface area contributed by atoms with Crippen LogP contribution < -0.4 is 11.2 Å². The number of nitrogens with two attached hydrogens (primary N) is 1. The van der Waals surface area contributed by atoms with Gasteiger partial charge in [0.25, 0.3) is 5.91 Å². The molecule has 134 valence electrons. The zero-order valence-electron chi connectivity index (χ0n) is 13.7. The van der Waals surface area contributed by atoms with Crippen molar-refractivity contribution in [1.29, 1.82) is 0 Å². The van der Waals surface area contributed by atoms with Crippen molar-refractivity contribution in [1.82, 2.24) is 5.48 Å². The smallest absolute Gasteiger partial charge is 0.254 e. The SMILES string of the molecule is CC(F)(CCC(CC(O)CCc1ccccc1)C(=O)NO)C(N)=O. The summed E-state index contributed by atoms with van der Waals surface area (Å²) in [5.74, 6) is -2.63. The second kappa shape index (κ2) is 9.34. The molecule has 0 heterocycles. The molecule has 0 aliphatic carbocycles. The van der Waals surface area contributed by atoms with Gasteiger partial charge < -0.3 is 10.8 Å². The minimum Gasteiger partial charge on any atom is -0.393 e. The second-order valence-corrected chi connectivity index (χ2v) is 6.19. The number of benzene rings is 1. The summed E-state index contributed by atoms with van der Waals surface area (Å²) in [6.45, 7) is 1.05. The van der Waals surface area contributed by atoms with Gasteiger partial charge in [-0.25, -0.2) is 9.87 Å². The zero-order chi connectivity index (χ0) is 18.2. The number of rotatable bonds is 10. The summed E-state index contributed by atoms with van der Waals surface area (Å²) in [6.07, 6.45) is 0.0800. The summed E-state index contributed by atoms with van der Waals surface area (Å²) < 4.78 is 13.9. The van der Waals surface area contributed by atoms with Crippen molar-refractivity contribution < 1.29 is 24.3 Å². The van der Waals surface area contributed by atoms with Gasteiger partial charge in [-0.15, -0.1) is 0 Å². The molecule has 5 N–H and O–H groups in total. The predicted octanol–water partition coefficient (Wildman–Crippen LogP) is 1.49. The first kappa shape index (κ1) is 20.1. The summed E-state index contributed by atoms with van der Waals surface area (Å²) in [7, 11) is 0. The maximum Gasteiger partial charge on any atom is 0.254 e. The number of carbonyl (C=O) groups excluding carboxylic acids is 2. The van der Waals surface area contributed by atoms with Gasteiger partial charge in [-0.1, -0.05) is 30.3 Å². The summed E-state index contributed by atoms with van der Waals surface area (Å²) in [5.41, 5.74) is 5.31. The van der Waals surface area contributed by atoms with Crippen molar-refractivity contribution in [3.8, 4) is 0 Å². The van der Waals surface area contributed by atoms with Crippen LogP contribution in [0, 0.1) is 5.92 Å². The molecular weight excluding hydrogens is 315 g/mol. The number of nitrogens with one attached hydrogen (secondary N) is 1. The Hall–Kier alpha value is -1.99. The minimum atomic E-state index is -2.23. The van der Waals surface area contributed by atoms with Crippen molar-refractivity contribution in [3.63, 3.8) is 0 Å². The monoisotopic (exact) mass is 340 g/mol. The lowest BCUT2D eigenvalue weighted by Gasteiger charge is -2.22. The van der Waals surface area contributed by atoms with E-state index >= 15 is 0 Å². The van der Waals surface area contributed by atoms with Crippen LogP contribution in [0.4, 0.5) is 4.39 Å². The van der Waals surface area contributed by atoms with Crippen molar-refractivity contribution in [2.75, 3.05) is 0 Å². The second-order valence-electron chi connectivity index (χ2n) is 6.19. The van der Waals surface area contributed by atoms with Crippen LogP contribution in [0.2, 0.25) is 0 Å². The Bertz CT molecular complexity index is 537. The fourth-order valence-electron chi connectivity index (χ4n) is 2.44. The number of aryl methyl sites for hydroxylation is 1. The van der Waals surface area contributed by atoms with Crippen LogP contribution in [0.25, 0.3) is 0 Å². The first-order valence-corrected chi connectivity index (χ1v) is 7.91. The van der Waals surface area contributed by atoms with Crippen LogP contribution in [0.5, 0.6) is 0 Å². The van der Waals surface area contributed by atoms with Gasteiger partial charge in [-0.2, -0.15) is 0 Å². The topological polar surface area (TPSA) is 113 Å². The van der Waals surface area contributed by atoms with E-state index in [0.717, 1.165) is 12.5 Å². The molecule has 0 aliphatic rings. The Balaban J connectivity index is 2.55. The van der Waals surface area contributed by atoms with Crippen LogP contribution >= 0.6 is 0 Å². The summed E-state index contributed by atoms with van der Waals surface area (Å²) in [4.78, 5) is 22.7. The van der Waals surface area contributed by atoms with E-state index in [2.05, 4.69) is 0 Å². The minimum absolute atomic E-state index is 0.00920. The first-order valence-electron chi connectivity index (χ1n) is 7.91. The molecule has 3 atom stereocenters. The van der Waals surface area contributed by atoms with Crippen LogP contribution in [-0.4, -0.2) is 33.9 Å². The molecule has 1 aromatic carbocycles. The van der Waals surface area contributed by atoms with Gasteiger partial charge in [0, 0.05) is 5.92 Å². The molecule has 0 aromatic heterocycles. The molecule has 0 fully saturated rings. The standard InChI is InChI=1S/C17H25FN2O4/c1-17(18,16(19)23)10-9-13(15(22)20-24)11-14(21)8-7-12-5-3-2-4-6-12/h2-6,13-14,21,24H,7-11H2,1H3,(H2,19,23)(H,20,22). The van der Waals surface area contributed by atoms with E-state index in [-0.39, 0.29) is 19.3 Å². The van der Waals surface area contributed by atoms with Crippen LogP contribution in [-0.2, 0) is 16.0 Å². The summed E-state index contributed by atoms with van der Waals surface area (Å²) in [5, 5.41) is 18.9. The Morgan fingerprint density at radius 1 is 1.29 bits per heavy atom. The number of aliphatic hydroxyl groups excluding tert-OH is 1. The molecule has 3 unspecified atom stereocenters. The number of hydrogen-bond donors (Lipinski definition) is 4. The van der Waals surface area contributed by atoms with Gasteiger partial charge in [-0.05, 0) is 44.6 Å². The zero-order valence-corrected chi connectivity index (χ0v) is 13.7. The molecule has 0 radical (unpaired) electrons. The summed E-state index contributed by atoms with van der Waals surface area (Å²) in [6, 6.07) is 9.57. The third kappa shape index (κ3) is 6.64. The largest absolute Gasteiger partial charge is 0.393 e. The maximum atomic E-state index is 13.9. The van der Waals surface area contributed by atoms with E-state index in [9.17, 15) is 19.1 Å². The molecule has 0 saturated carbocycles. The fraction of sp³-hybridized carbons (Fsp3) is 0.529. The Morgan fingerprint density at radius 3 is 2.46 bits per heavy atom. The number of aliphatic hydroxyl groups is 1. The third-order valence-electron chi connectivity index (χ3n) is 4.12. The van der Waals surface area contributed by atoms with Crippen LogP contribution in [0.15, 0.2) is 30.3 Å². The number of amides is 2. The first-order chi connectivity index (χ1) is 11.3. The van der Waals surface area contributed by atoms with Crippen molar-refractivity contribution in [2.24, 2.45) is 11.7 Å². The lowest BCUT2D eigenvalue weighted by molar-refractivity contribution is -0.136. The molecular formula is C17H25FN2O4. The van der Waals surface area contributed by atoms with E-state index in [0.29, 0.717) is 12.8 Å². The third-order valence-corrected chi connectivity index (χ3v) is 4.12. The lowest BCUT2D eigenvalue weighted by Crippen LogP contribution is -2.38. The van der Waals surface area contributed by atoms with Crippen LogP contribution in [0.3, 0.4) is 0 Å². The summed E-state index contributed by atoms with van der Waals surface area (Å²) >= 11 is 0. The molecule has 6 nitrogen and oxygen atoms in total. The molecule has 0 saturated heterocycles. The van der Waals surface area contributed by atoms with E-state index in [4.69, 9.17) is 10.9 Å². The number of alkyl halides is 1. The molecule has 24 heavy (non-hydrogen) atoms. The van der Waals surface area contributed by atoms with E-state index < -0.39 is 29.5 Å². The molecule has 1 aromatic rings. The average Bonchev–Trinajstić information content (AvgIpc) is 2.56. The predicted molar refractivity (Wildman–Crippen MR) is 86.7 cm³/mol. The van der Waals surface area contributed by atoms with Crippen molar-refractivity contribution in [2.45, 2.75) is 50.8 Å². The van der Waals surface area contributed by atoms with Gasteiger partial charge in [-0.3, -0.25) is 14.8 Å². The maximum absolute atomic E-state index is 13.9. The number of primary amides is 1. The van der Waals surface area contributed by atoms with Gasteiger partial charge >= 0.3 is 0 Å². The van der Waals surface area contributed by atoms with Crippen molar-refractivity contribution >= 4 is 11.8 Å². The van der Waals surface area contributed by atoms with Gasteiger partial charge in [0.2, 0.25) is 5.91 Å². The number of halogens is 1. The lowest BCUT2D eigenvalue weighted by atomic mass is 9.89. The number of carbonyl (C=O) groups is 2. The molecule has 1 rings (SSSR count). The number of hydrogen-bond acceptors (Lipinski definition) is 4. The van der Waals surface area contributed by atoms with E-state index in [1.165, 1.54) is 5.48 Å². The molecule has 0 aliphatic heterocycles. The van der Waals surface area contributed by atoms with Gasteiger partial charge in [0.1, 0.15) is 0 Å². The normalized spacial score (nSPS) is 16.0. The van der Waals surface area contributed by atoms with Crippen molar-refractivity contribution in [3.05, 3.63) is 35.9 Å². The van der Waals surface area contributed by atoms with Gasteiger partial charge in [0.05, 0.1) is 6.10 Å². The highest BCUT2D eigenvalue weighted by molar-refractivity contribution is 5.83. The molecule has 7 heteroatoms. The highest BCUT2D eigenvalue weighted by Crippen LogP contribution is 2.24. The van der Waals surface area contributed by atoms with E-state index in [1.807, 2.05) is 30.3 Å². The molecule has 0 bridgehead atoms. The van der Waals surface area contributed by atoms with Crippen LogP contribution in [0.1, 0.15) is 38.2 Å².